The number of phenols is 1. The van der Waals surface area contributed by atoms with Gasteiger partial charge in [0.2, 0.25) is 11.8 Å². The van der Waals surface area contributed by atoms with Gasteiger partial charge in [0.25, 0.3) is 5.95 Å². The minimum atomic E-state index is -0.181. The van der Waals surface area contributed by atoms with Crippen LogP contribution in [0.15, 0.2) is 54.7 Å². The number of nitrogens with one attached hydrogen (secondary N) is 5. The van der Waals surface area contributed by atoms with E-state index in [1.54, 1.807) is 19.2 Å². The lowest BCUT2D eigenvalue weighted by Gasteiger charge is -2.55. The molecular formula is C32H42N8O3. The maximum Gasteiger partial charge on any atom is 0.262 e. The van der Waals surface area contributed by atoms with Gasteiger partial charge in [0.05, 0.1) is 6.54 Å². The van der Waals surface area contributed by atoms with Crippen molar-refractivity contribution in [3.8, 4) is 5.75 Å². The number of fused-ring (bicyclic) bond motifs is 1. The molecule has 11 nitrogen and oxygen atoms in total. The Bertz CT molecular complexity index is 1430. The molecule has 4 fully saturated rings. The molecule has 4 aromatic rings. The van der Waals surface area contributed by atoms with E-state index in [-0.39, 0.29) is 23.8 Å². The fraction of sp³-hybridized carbons (Fsp3) is 0.469. The van der Waals surface area contributed by atoms with Crippen LogP contribution in [0.4, 0.5) is 5.95 Å². The highest BCUT2D eigenvalue weighted by atomic mass is 16.3. The van der Waals surface area contributed by atoms with Crippen LogP contribution in [-0.2, 0) is 16.0 Å². The fourth-order valence-corrected chi connectivity index (χ4v) is 7.29. The van der Waals surface area contributed by atoms with E-state index >= 15 is 0 Å². The van der Waals surface area contributed by atoms with Crippen LogP contribution in [-0.4, -0.2) is 62.7 Å². The van der Waals surface area contributed by atoms with Gasteiger partial charge in [0.1, 0.15) is 5.75 Å². The van der Waals surface area contributed by atoms with Crippen molar-refractivity contribution < 1.29 is 14.7 Å². The number of aromatic amines is 2. The summed E-state index contributed by atoms with van der Waals surface area (Å²) in [5.74, 6) is 3.08. The van der Waals surface area contributed by atoms with Gasteiger partial charge in [-0.3, -0.25) is 9.59 Å². The molecule has 11 heteroatoms. The van der Waals surface area contributed by atoms with E-state index in [4.69, 9.17) is 5.11 Å². The number of phenolic OH excluding ortho intramolecular Hbond substituents is 1. The van der Waals surface area contributed by atoms with Gasteiger partial charge in [0, 0.05) is 36.1 Å². The minimum Gasteiger partial charge on any atom is -0.508 e. The summed E-state index contributed by atoms with van der Waals surface area (Å²) < 4.78 is 0. The predicted molar refractivity (Wildman–Crippen MR) is 165 cm³/mol. The number of aryl methyl sites for hydroxylation is 1. The summed E-state index contributed by atoms with van der Waals surface area (Å²) in [5, 5.41) is 31.3. The Kier molecular flexibility index (Phi) is 9.58. The third kappa shape index (κ3) is 7.71. The standard InChI is InChI=1S/C23H29N3O2.C7H8O.C2H5N5/c27-21(24-6-5-18-13-25-20-4-2-1-3-19(18)20)14-26-22(28)23-10-15-7-16(11-23)9-17(8-15)12-23;1-6-2-4-7(8)5-3-6;1-3-2-4-6-7-5-2/h1-4,13,15-17,25H,5-12,14H2,(H,24,27)(H,26,28);2-5,8H,1H3;1H3,(H2,3,4,5,6,7). The molecule has 0 unspecified atom stereocenters. The normalized spacial score (nSPS) is 23.0. The Morgan fingerprint density at radius 2 is 1.65 bits per heavy atom. The summed E-state index contributed by atoms with van der Waals surface area (Å²) in [6.45, 7) is 2.65. The molecule has 0 spiro atoms. The molecule has 43 heavy (non-hydrogen) atoms. The minimum absolute atomic E-state index is 0.0917. The number of rotatable bonds is 7. The van der Waals surface area contributed by atoms with Crippen molar-refractivity contribution in [2.24, 2.45) is 23.2 Å². The number of aromatic hydroxyl groups is 1. The largest absolute Gasteiger partial charge is 0.508 e. The van der Waals surface area contributed by atoms with Crippen molar-refractivity contribution >= 4 is 28.7 Å². The highest BCUT2D eigenvalue weighted by Crippen LogP contribution is 2.60. The first-order valence-corrected chi connectivity index (χ1v) is 15.1. The number of para-hydroxylation sites is 1. The van der Waals surface area contributed by atoms with E-state index in [0.717, 1.165) is 49.0 Å². The van der Waals surface area contributed by atoms with Gasteiger partial charge in [0.15, 0.2) is 0 Å². The highest BCUT2D eigenvalue weighted by molar-refractivity contribution is 5.88. The van der Waals surface area contributed by atoms with Crippen LogP contribution in [0.2, 0.25) is 0 Å². The van der Waals surface area contributed by atoms with Gasteiger partial charge in [-0.1, -0.05) is 41.0 Å². The van der Waals surface area contributed by atoms with E-state index in [1.165, 1.54) is 35.8 Å². The van der Waals surface area contributed by atoms with Crippen LogP contribution in [0.1, 0.15) is 49.7 Å². The third-order valence-electron chi connectivity index (χ3n) is 8.92. The summed E-state index contributed by atoms with van der Waals surface area (Å²) >= 11 is 0. The lowest BCUT2D eigenvalue weighted by atomic mass is 9.49. The van der Waals surface area contributed by atoms with Crippen LogP contribution in [0, 0.1) is 30.1 Å². The van der Waals surface area contributed by atoms with Gasteiger partial charge >= 0.3 is 0 Å². The zero-order valence-corrected chi connectivity index (χ0v) is 24.9. The van der Waals surface area contributed by atoms with E-state index in [2.05, 4.69) is 53.7 Å². The number of carbonyl (C=O) groups is 2. The van der Waals surface area contributed by atoms with Crippen LogP contribution in [0.5, 0.6) is 5.75 Å². The Labute approximate surface area is 251 Å². The first-order chi connectivity index (χ1) is 20.8. The predicted octanol–water partition coefficient (Wildman–Crippen LogP) is 4.10. The highest BCUT2D eigenvalue weighted by Gasteiger charge is 2.54. The Morgan fingerprint density at radius 1 is 0.977 bits per heavy atom. The number of H-pyrrole nitrogens is 2. The molecular weight excluding hydrogens is 544 g/mol. The quantitative estimate of drug-likeness (QED) is 0.190. The number of hydrogen-bond donors (Lipinski definition) is 6. The topological polar surface area (TPSA) is 161 Å². The summed E-state index contributed by atoms with van der Waals surface area (Å²) in [6, 6.07) is 15.3. The molecule has 228 valence electrons. The second kappa shape index (κ2) is 13.7. The van der Waals surface area contributed by atoms with E-state index in [1.807, 2.05) is 37.4 Å². The fourth-order valence-electron chi connectivity index (χ4n) is 7.29. The van der Waals surface area contributed by atoms with Crippen LogP contribution < -0.4 is 16.0 Å². The zero-order chi connectivity index (χ0) is 30.2. The van der Waals surface area contributed by atoms with E-state index in [9.17, 15) is 9.59 Å². The monoisotopic (exact) mass is 586 g/mol. The molecule has 0 saturated heterocycles. The lowest BCUT2D eigenvalue weighted by Crippen LogP contribution is -2.54. The summed E-state index contributed by atoms with van der Waals surface area (Å²) in [6.07, 6.45) is 9.85. The average Bonchev–Trinajstić information content (AvgIpc) is 3.68. The Morgan fingerprint density at radius 3 is 2.23 bits per heavy atom. The number of amides is 2. The molecule has 2 heterocycles. The molecule has 4 aliphatic rings. The maximum absolute atomic E-state index is 12.9. The van der Waals surface area contributed by atoms with Crippen molar-refractivity contribution in [1.82, 2.24) is 36.2 Å². The van der Waals surface area contributed by atoms with Crippen molar-refractivity contribution in [2.45, 2.75) is 51.9 Å². The number of tetrazole rings is 1. The molecule has 6 N–H and O–H groups in total. The van der Waals surface area contributed by atoms with Gasteiger partial charge in [-0.2, -0.15) is 5.21 Å². The van der Waals surface area contributed by atoms with Crippen molar-refractivity contribution in [3.63, 3.8) is 0 Å². The number of benzene rings is 2. The smallest absolute Gasteiger partial charge is 0.262 e. The van der Waals surface area contributed by atoms with Gasteiger partial charge < -0.3 is 26.0 Å². The average molecular weight is 587 g/mol. The molecule has 0 aliphatic heterocycles. The maximum atomic E-state index is 12.9. The van der Waals surface area contributed by atoms with Crippen LogP contribution >= 0.6 is 0 Å². The number of aromatic nitrogens is 5. The number of anilines is 1. The Hall–Kier alpha value is -4.41. The molecule has 2 amide bonds. The summed E-state index contributed by atoms with van der Waals surface area (Å²) in [4.78, 5) is 28.4. The second-order valence-electron chi connectivity index (χ2n) is 12.2. The van der Waals surface area contributed by atoms with Crippen LogP contribution in [0.25, 0.3) is 10.9 Å². The molecule has 4 bridgehead atoms. The van der Waals surface area contributed by atoms with Gasteiger partial charge in [-0.05, 0) is 98.6 Å². The summed E-state index contributed by atoms with van der Waals surface area (Å²) in [5.41, 5.74) is 3.31. The first kappa shape index (κ1) is 30.1. The zero-order valence-electron chi connectivity index (χ0n) is 24.9. The summed E-state index contributed by atoms with van der Waals surface area (Å²) in [7, 11) is 1.73. The van der Waals surface area contributed by atoms with Crippen molar-refractivity contribution in [2.75, 3.05) is 25.5 Å². The first-order valence-electron chi connectivity index (χ1n) is 15.1. The molecule has 8 rings (SSSR count). The second-order valence-corrected chi connectivity index (χ2v) is 12.2. The molecule has 0 atom stereocenters. The molecule has 4 saturated carbocycles. The van der Waals surface area contributed by atoms with Crippen molar-refractivity contribution in [1.29, 1.82) is 0 Å². The number of nitrogens with zero attached hydrogens (tertiary/aromatic N) is 3. The van der Waals surface area contributed by atoms with Crippen LogP contribution in [0.3, 0.4) is 0 Å². The third-order valence-corrected chi connectivity index (χ3v) is 8.92. The molecule has 4 aliphatic carbocycles. The van der Waals surface area contributed by atoms with E-state index < -0.39 is 0 Å². The van der Waals surface area contributed by atoms with E-state index in [0.29, 0.717) is 18.2 Å². The Balaban J connectivity index is 0.000000200. The number of carbonyl (C=O) groups excluding carboxylic acids is 2. The molecule has 2 aromatic heterocycles. The molecule has 0 radical (unpaired) electrons. The molecule has 2 aromatic carbocycles. The van der Waals surface area contributed by atoms with Crippen molar-refractivity contribution in [3.05, 3.63) is 65.9 Å². The van der Waals surface area contributed by atoms with Gasteiger partial charge in [-0.25, -0.2) is 0 Å². The lowest BCUT2D eigenvalue weighted by molar-refractivity contribution is -0.147. The van der Waals surface area contributed by atoms with Gasteiger partial charge in [-0.15, -0.1) is 5.10 Å². The SMILES string of the molecule is CNc1nn[nH]n1.Cc1ccc(O)cc1.O=C(CNC(=O)C12CC3CC(CC(C3)C1)C2)NCCc1c[nH]c2ccccc12. The number of hydrogen-bond acceptors (Lipinski definition) is 7.